The van der Waals surface area contributed by atoms with Gasteiger partial charge in [-0.15, -0.1) is 0 Å². The molecule has 4 amide bonds. The molecular weight excluding hydrogens is 438 g/mol. The van der Waals surface area contributed by atoms with Gasteiger partial charge in [-0.1, -0.05) is 109 Å². The molecule has 6 nitrogen and oxygen atoms in total. The Morgan fingerprint density at radius 2 is 1.23 bits per heavy atom. The molecule has 4 aromatic rings. The number of para-hydroxylation sites is 1. The van der Waals surface area contributed by atoms with Gasteiger partial charge in [0.15, 0.2) is 5.54 Å². The van der Waals surface area contributed by atoms with Gasteiger partial charge in [-0.25, -0.2) is 4.79 Å². The molecule has 0 spiro atoms. The lowest BCUT2D eigenvalue weighted by atomic mass is 9.82. The van der Waals surface area contributed by atoms with Crippen LogP contribution in [0.4, 0.5) is 10.5 Å². The quantitative estimate of drug-likeness (QED) is 0.406. The highest BCUT2D eigenvalue weighted by atomic mass is 16.2. The lowest BCUT2D eigenvalue weighted by Gasteiger charge is -2.28. The number of nitrogens with one attached hydrogen (secondary N) is 2. The van der Waals surface area contributed by atoms with E-state index in [4.69, 9.17) is 0 Å². The largest absolute Gasteiger partial charge is 0.326 e. The molecule has 0 atom stereocenters. The van der Waals surface area contributed by atoms with Gasteiger partial charge in [0.25, 0.3) is 5.91 Å². The van der Waals surface area contributed by atoms with Crippen LogP contribution >= 0.6 is 0 Å². The third kappa shape index (κ3) is 4.06. The number of carbonyl (C=O) groups is 3. The van der Waals surface area contributed by atoms with E-state index in [2.05, 4.69) is 10.6 Å². The Bertz CT molecular complexity index is 1330. The number of nitrogens with zero attached hydrogens (tertiary/aromatic N) is 1. The number of anilines is 1. The number of benzene rings is 4. The Kier molecular flexibility index (Phi) is 5.85. The maximum Gasteiger partial charge on any atom is 0.326 e. The van der Waals surface area contributed by atoms with Crippen molar-refractivity contribution < 1.29 is 14.4 Å². The summed E-state index contributed by atoms with van der Waals surface area (Å²) in [6.45, 7) is -0.408. The summed E-state index contributed by atoms with van der Waals surface area (Å²) >= 11 is 0. The normalized spacial score (nSPS) is 14.5. The molecule has 1 aliphatic rings. The Morgan fingerprint density at radius 1 is 0.714 bits per heavy atom. The molecule has 1 saturated heterocycles. The first kappa shape index (κ1) is 22.1. The van der Waals surface area contributed by atoms with Crippen molar-refractivity contribution in [3.8, 4) is 11.1 Å². The molecule has 0 saturated carbocycles. The molecule has 0 aromatic heterocycles. The summed E-state index contributed by atoms with van der Waals surface area (Å²) in [5.41, 5.74) is 2.26. The van der Waals surface area contributed by atoms with Gasteiger partial charge in [-0.3, -0.25) is 14.5 Å². The summed E-state index contributed by atoms with van der Waals surface area (Å²) < 4.78 is 0. The molecule has 0 radical (unpaired) electrons. The summed E-state index contributed by atoms with van der Waals surface area (Å²) in [6.07, 6.45) is 0. The molecule has 4 aromatic carbocycles. The number of carbonyl (C=O) groups excluding carboxylic acids is 3. The molecule has 1 aliphatic heterocycles. The predicted molar refractivity (Wildman–Crippen MR) is 134 cm³/mol. The van der Waals surface area contributed by atoms with Crippen LogP contribution in [-0.2, 0) is 15.1 Å². The second-order valence-electron chi connectivity index (χ2n) is 8.26. The van der Waals surface area contributed by atoms with Crippen LogP contribution in [0.15, 0.2) is 115 Å². The molecule has 1 fully saturated rings. The second kappa shape index (κ2) is 9.27. The van der Waals surface area contributed by atoms with Crippen molar-refractivity contribution in [2.75, 3.05) is 11.9 Å². The van der Waals surface area contributed by atoms with Crippen LogP contribution in [-0.4, -0.2) is 29.3 Å². The van der Waals surface area contributed by atoms with Gasteiger partial charge in [-0.05, 0) is 22.8 Å². The number of hydrogen-bond acceptors (Lipinski definition) is 3. The van der Waals surface area contributed by atoms with Crippen molar-refractivity contribution in [2.24, 2.45) is 0 Å². The van der Waals surface area contributed by atoms with E-state index in [1.165, 1.54) is 0 Å². The number of amides is 4. The number of rotatable bonds is 6. The van der Waals surface area contributed by atoms with Crippen molar-refractivity contribution in [3.63, 3.8) is 0 Å². The van der Waals surface area contributed by atoms with Crippen LogP contribution in [0.5, 0.6) is 0 Å². The highest BCUT2D eigenvalue weighted by Gasteiger charge is 2.54. The van der Waals surface area contributed by atoms with Crippen LogP contribution in [0.2, 0.25) is 0 Å². The fourth-order valence-electron chi connectivity index (χ4n) is 4.45. The van der Waals surface area contributed by atoms with Crippen molar-refractivity contribution in [1.82, 2.24) is 10.2 Å². The summed E-state index contributed by atoms with van der Waals surface area (Å²) in [4.78, 5) is 40.8. The van der Waals surface area contributed by atoms with E-state index in [0.29, 0.717) is 16.8 Å². The predicted octanol–water partition coefficient (Wildman–Crippen LogP) is 4.79. The lowest BCUT2D eigenvalue weighted by molar-refractivity contribution is -0.133. The van der Waals surface area contributed by atoms with Crippen molar-refractivity contribution in [2.45, 2.75) is 5.54 Å². The monoisotopic (exact) mass is 461 g/mol. The third-order valence-corrected chi connectivity index (χ3v) is 6.11. The number of imide groups is 1. The lowest BCUT2D eigenvalue weighted by Crippen LogP contribution is -2.45. The van der Waals surface area contributed by atoms with E-state index in [9.17, 15) is 14.4 Å². The van der Waals surface area contributed by atoms with Gasteiger partial charge in [0.2, 0.25) is 5.91 Å². The summed E-state index contributed by atoms with van der Waals surface area (Å²) in [5.74, 6) is -0.958. The summed E-state index contributed by atoms with van der Waals surface area (Å²) in [7, 11) is 0. The number of hydrogen-bond donors (Lipinski definition) is 2. The molecule has 35 heavy (non-hydrogen) atoms. The Morgan fingerprint density at radius 3 is 1.83 bits per heavy atom. The maximum absolute atomic E-state index is 13.8. The second-order valence-corrected chi connectivity index (χ2v) is 8.26. The van der Waals surface area contributed by atoms with Crippen molar-refractivity contribution >= 4 is 23.5 Å². The van der Waals surface area contributed by atoms with Crippen molar-refractivity contribution in [1.29, 1.82) is 0 Å². The van der Waals surface area contributed by atoms with E-state index in [-0.39, 0.29) is 0 Å². The highest BCUT2D eigenvalue weighted by molar-refractivity contribution is 6.12. The smallest absolute Gasteiger partial charge is 0.324 e. The molecule has 0 aliphatic carbocycles. The first-order chi connectivity index (χ1) is 17.1. The van der Waals surface area contributed by atoms with Crippen molar-refractivity contribution in [3.05, 3.63) is 126 Å². The Balaban J connectivity index is 1.43. The van der Waals surface area contributed by atoms with E-state index in [1.807, 2.05) is 84.9 Å². The fraction of sp³-hybridized carbons (Fsp3) is 0.0690. The van der Waals surface area contributed by atoms with Crippen LogP contribution in [0.1, 0.15) is 11.1 Å². The standard InChI is InChI=1S/C29H23N3O3/c33-26(30-25-19-11-10-18-24(25)21-12-4-1-5-13-21)20-32-27(34)29(31-28(32)35,22-14-6-2-7-15-22)23-16-8-3-9-17-23/h1-19H,20H2,(H,30,33)(H,31,35). The Labute approximate surface area is 203 Å². The minimum atomic E-state index is -1.40. The van der Waals surface area contributed by atoms with E-state index < -0.39 is 29.9 Å². The summed E-state index contributed by atoms with van der Waals surface area (Å²) in [5, 5.41) is 5.73. The molecule has 172 valence electrons. The van der Waals surface area contributed by atoms with Gasteiger partial charge in [0.05, 0.1) is 0 Å². The van der Waals surface area contributed by atoms with E-state index in [0.717, 1.165) is 16.0 Å². The van der Waals surface area contributed by atoms with E-state index >= 15 is 0 Å². The Hall–Kier alpha value is -4.71. The molecule has 0 bridgehead atoms. The van der Waals surface area contributed by atoms with Crippen LogP contribution in [0.3, 0.4) is 0 Å². The molecular formula is C29H23N3O3. The van der Waals surface area contributed by atoms with Gasteiger partial charge in [0.1, 0.15) is 6.54 Å². The van der Waals surface area contributed by atoms with E-state index in [1.54, 1.807) is 30.3 Å². The van der Waals surface area contributed by atoms with Crippen LogP contribution in [0, 0.1) is 0 Å². The molecule has 6 heteroatoms. The molecule has 0 unspecified atom stereocenters. The molecule has 2 N–H and O–H groups in total. The van der Waals surface area contributed by atoms with Gasteiger partial charge in [0, 0.05) is 11.3 Å². The van der Waals surface area contributed by atoms with Gasteiger partial charge >= 0.3 is 6.03 Å². The average molecular weight is 462 g/mol. The van der Waals surface area contributed by atoms with Gasteiger partial charge in [-0.2, -0.15) is 0 Å². The zero-order chi connectivity index (χ0) is 24.3. The zero-order valence-electron chi connectivity index (χ0n) is 18.8. The van der Waals surface area contributed by atoms with Gasteiger partial charge < -0.3 is 10.6 Å². The maximum atomic E-state index is 13.8. The minimum Gasteiger partial charge on any atom is -0.324 e. The number of urea groups is 1. The summed E-state index contributed by atoms with van der Waals surface area (Å²) in [6, 6.07) is 34.6. The SMILES string of the molecule is O=C(CN1C(=O)NC(c2ccccc2)(c2ccccc2)C1=O)Nc1ccccc1-c1ccccc1. The molecule has 1 heterocycles. The first-order valence-corrected chi connectivity index (χ1v) is 11.3. The minimum absolute atomic E-state index is 0.408. The first-order valence-electron chi connectivity index (χ1n) is 11.3. The topological polar surface area (TPSA) is 78.5 Å². The van der Waals surface area contributed by atoms with Crippen LogP contribution in [0.25, 0.3) is 11.1 Å². The highest BCUT2D eigenvalue weighted by Crippen LogP contribution is 2.36. The average Bonchev–Trinajstić information content (AvgIpc) is 3.16. The fourth-order valence-corrected chi connectivity index (χ4v) is 4.45. The zero-order valence-corrected chi connectivity index (χ0v) is 18.8. The third-order valence-electron chi connectivity index (χ3n) is 6.11. The van der Waals surface area contributed by atoms with Crippen LogP contribution < -0.4 is 10.6 Å². The molecule has 5 rings (SSSR count).